The summed E-state index contributed by atoms with van der Waals surface area (Å²) >= 11 is 0. The van der Waals surface area contributed by atoms with Crippen molar-refractivity contribution in [3.05, 3.63) is 81.6 Å². The highest BCUT2D eigenvalue weighted by Crippen LogP contribution is 2.18. The van der Waals surface area contributed by atoms with E-state index in [-0.39, 0.29) is 11.5 Å². The maximum Gasteiger partial charge on any atom is 0.271 e. The summed E-state index contributed by atoms with van der Waals surface area (Å²) in [6.07, 6.45) is 0.820. The topological polar surface area (TPSA) is 67.7 Å². The van der Waals surface area contributed by atoms with Crippen LogP contribution in [0.25, 0.3) is 5.69 Å². The third kappa shape index (κ3) is 4.51. The number of aryl methyl sites for hydroxylation is 2. The van der Waals surface area contributed by atoms with E-state index >= 15 is 0 Å². The zero-order valence-corrected chi connectivity index (χ0v) is 18.7. The Kier molecular flexibility index (Phi) is 6.25. The van der Waals surface area contributed by atoms with Gasteiger partial charge in [0.2, 0.25) is 0 Å². The van der Waals surface area contributed by atoms with E-state index < -0.39 is 0 Å². The van der Waals surface area contributed by atoms with Crippen LogP contribution in [0.2, 0.25) is 0 Å². The smallest absolute Gasteiger partial charge is 0.271 e. The first-order valence-electron chi connectivity index (χ1n) is 10.8. The Bertz CT molecular complexity index is 1190. The Morgan fingerprint density at radius 2 is 1.78 bits per heavy atom. The van der Waals surface area contributed by atoms with Crippen LogP contribution in [0.3, 0.4) is 0 Å². The Hall–Kier alpha value is -3.61. The van der Waals surface area contributed by atoms with E-state index in [0.29, 0.717) is 30.9 Å². The number of hydrogen-bond acceptors (Lipinski definition) is 5. The van der Waals surface area contributed by atoms with Crippen LogP contribution in [-0.2, 0) is 0 Å². The molecule has 0 bridgehead atoms. The number of methoxy groups -OCH3 is 1. The lowest BCUT2D eigenvalue weighted by atomic mass is 10.1. The van der Waals surface area contributed by atoms with Crippen LogP contribution < -0.4 is 15.2 Å². The fourth-order valence-corrected chi connectivity index (χ4v) is 3.90. The van der Waals surface area contributed by atoms with Gasteiger partial charge in [-0.1, -0.05) is 12.1 Å². The van der Waals surface area contributed by atoms with Crippen molar-refractivity contribution in [2.45, 2.75) is 20.3 Å². The van der Waals surface area contributed by atoms with Crippen molar-refractivity contribution in [3.63, 3.8) is 0 Å². The van der Waals surface area contributed by atoms with Crippen molar-refractivity contribution in [1.29, 1.82) is 0 Å². The van der Waals surface area contributed by atoms with Gasteiger partial charge in [0.05, 0.1) is 12.8 Å². The molecule has 0 saturated carbocycles. The first-order valence-corrected chi connectivity index (χ1v) is 10.8. The summed E-state index contributed by atoms with van der Waals surface area (Å²) in [5, 5.41) is 4.64. The molecule has 2 aromatic carbocycles. The summed E-state index contributed by atoms with van der Waals surface area (Å²) in [6.45, 7) is 6.73. The van der Waals surface area contributed by atoms with Crippen LogP contribution in [0, 0.1) is 13.8 Å². The molecule has 0 unspecified atom stereocenters. The van der Waals surface area contributed by atoms with Crippen molar-refractivity contribution in [1.82, 2.24) is 14.7 Å². The molecule has 32 heavy (non-hydrogen) atoms. The predicted molar refractivity (Wildman–Crippen MR) is 125 cm³/mol. The molecule has 7 nitrogen and oxygen atoms in total. The third-order valence-corrected chi connectivity index (χ3v) is 5.95. The van der Waals surface area contributed by atoms with Gasteiger partial charge in [0.1, 0.15) is 11.6 Å². The molecule has 1 saturated heterocycles. The predicted octanol–water partition coefficient (Wildman–Crippen LogP) is 3.21. The van der Waals surface area contributed by atoms with E-state index in [1.807, 2.05) is 55.1 Å². The number of aromatic nitrogens is 2. The van der Waals surface area contributed by atoms with Gasteiger partial charge in [0.25, 0.3) is 11.5 Å². The van der Waals surface area contributed by atoms with Crippen LogP contribution in [-0.4, -0.2) is 53.9 Å². The largest absolute Gasteiger partial charge is 0.497 e. The molecular formula is C25H28N4O3. The van der Waals surface area contributed by atoms with Gasteiger partial charge < -0.3 is 14.5 Å². The molecule has 0 aliphatic carbocycles. The number of benzene rings is 2. The molecule has 7 heteroatoms. The summed E-state index contributed by atoms with van der Waals surface area (Å²) in [5.41, 5.74) is 3.50. The van der Waals surface area contributed by atoms with Crippen molar-refractivity contribution >= 4 is 11.7 Å². The van der Waals surface area contributed by atoms with Crippen molar-refractivity contribution in [2.75, 3.05) is 38.2 Å². The molecule has 2 heterocycles. The number of ether oxygens (including phenoxy) is 1. The standard InChI is InChI=1S/C25H28N4O3/c1-18-8-9-21(16-19(18)2)29-24(30)11-10-23(26-29)27-12-5-13-28(15-14-27)25(31)20-6-4-7-22(17-20)32-3/h4,6-11,16-17H,5,12-15H2,1-3H3. The van der Waals surface area contributed by atoms with Crippen LogP contribution in [0.15, 0.2) is 59.4 Å². The molecule has 1 aliphatic heterocycles. The van der Waals surface area contributed by atoms with Gasteiger partial charge in [-0.15, -0.1) is 5.10 Å². The van der Waals surface area contributed by atoms with Crippen LogP contribution >= 0.6 is 0 Å². The van der Waals surface area contributed by atoms with Gasteiger partial charge in [0.15, 0.2) is 0 Å². The Morgan fingerprint density at radius 1 is 0.938 bits per heavy atom. The molecule has 4 rings (SSSR count). The van der Waals surface area contributed by atoms with Crippen LogP contribution in [0.5, 0.6) is 5.75 Å². The maximum absolute atomic E-state index is 13.0. The van der Waals surface area contributed by atoms with Gasteiger partial charge in [-0.05, 0) is 67.8 Å². The molecule has 0 N–H and O–H groups in total. The quantitative estimate of drug-likeness (QED) is 0.633. The number of amides is 1. The Labute approximate surface area is 187 Å². The fourth-order valence-electron chi connectivity index (χ4n) is 3.90. The van der Waals surface area contributed by atoms with Crippen LogP contribution in [0.4, 0.5) is 5.82 Å². The number of hydrogen-bond donors (Lipinski definition) is 0. The first-order chi connectivity index (χ1) is 15.5. The van der Waals surface area contributed by atoms with E-state index in [1.165, 1.54) is 10.2 Å². The summed E-state index contributed by atoms with van der Waals surface area (Å²) in [4.78, 5) is 29.5. The van der Waals surface area contributed by atoms with Crippen molar-refractivity contribution in [3.8, 4) is 11.4 Å². The maximum atomic E-state index is 13.0. The number of carbonyl (C=O) groups is 1. The Morgan fingerprint density at radius 3 is 2.56 bits per heavy atom. The van der Waals surface area contributed by atoms with Gasteiger partial charge >= 0.3 is 0 Å². The number of rotatable bonds is 4. The van der Waals surface area contributed by atoms with Crippen LogP contribution in [0.1, 0.15) is 27.9 Å². The first kappa shape index (κ1) is 21.6. The highest BCUT2D eigenvalue weighted by Gasteiger charge is 2.22. The summed E-state index contributed by atoms with van der Waals surface area (Å²) in [5.74, 6) is 1.41. The van der Waals surface area contributed by atoms with E-state index in [1.54, 1.807) is 25.3 Å². The highest BCUT2D eigenvalue weighted by molar-refractivity contribution is 5.94. The number of carbonyl (C=O) groups excluding carboxylic acids is 1. The molecule has 1 amide bonds. The summed E-state index contributed by atoms with van der Waals surface area (Å²) < 4.78 is 6.70. The Balaban J connectivity index is 1.52. The molecule has 1 aliphatic rings. The van der Waals surface area contributed by atoms with Gasteiger partial charge in [-0.3, -0.25) is 9.59 Å². The lowest BCUT2D eigenvalue weighted by Gasteiger charge is -2.23. The molecule has 166 valence electrons. The molecule has 0 radical (unpaired) electrons. The molecule has 1 aromatic heterocycles. The lowest BCUT2D eigenvalue weighted by Crippen LogP contribution is -2.36. The average Bonchev–Trinajstić information content (AvgIpc) is 3.07. The summed E-state index contributed by atoms with van der Waals surface area (Å²) in [7, 11) is 1.60. The lowest BCUT2D eigenvalue weighted by molar-refractivity contribution is 0.0766. The number of anilines is 1. The zero-order chi connectivity index (χ0) is 22.7. The van der Waals surface area contributed by atoms with E-state index in [2.05, 4.69) is 10.00 Å². The highest BCUT2D eigenvalue weighted by atomic mass is 16.5. The number of nitrogens with zero attached hydrogens (tertiary/aromatic N) is 4. The molecule has 1 fully saturated rings. The molecule has 0 atom stereocenters. The van der Waals surface area contributed by atoms with Gasteiger partial charge in [0, 0.05) is 37.8 Å². The van der Waals surface area contributed by atoms with Crippen molar-refractivity contribution < 1.29 is 9.53 Å². The fraction of sp³-hybridized carbons (Fsp3) is 0.320. The van der Waals surface area contributed by atoms with Gasteiger partial charge in [-0.25, -0.2) is 0 Å². The average molecular weight is 433 g/mol. The van der Waals surface area contributed by atoms with E-state index in [0.717, 1.165) is 30.0 Å². The second-order valence-corrected chi connectivity index (χ2v) is 8.07. The summed E-state index contributed by atoms with van der Waals surface area (Å²) in [6, 6.07) is 16.5. The van der Waals surface area contributed by atoms with E-state index in [4.69, 9.17) is 4.74 Å². The molecule has 0 spiro atoms. The minimum Gasteiger partial charge on any atom is -0.497 e. The van der Waals surface area contributed by atoms with E-state index in [9.17, 15) is 9.59 Å². The normalized spacial score (nSPS) is 14.2. The second kappa shape index (κ2) is 9.26. The minimum absolute atomic E-state index is 0.00110. The second-order valence-electron chi connectivity index (χ2n) is 8.07. The minimum atomic E-state index is -0.165. The third-order valence-electron chi connectivity index (χ3n) is 5.95. The van der Waals surface area contributed by atoms with Crippen molar-refractivity contribution in [2.24, 2.45) is 0 Å². The molecule has 3 aromatic rings. The SMILES string of the molecule is COc1cccc(C(=O)N2CCCN(c3ccc(=O)n(-c4ccc(C)c(C)c4)n3)CC2)c1. The monoisotopic (exact) mass is 432 g/mol. The molecular weight excluding hydrogens is 404 g/mol. The van der Waals surface area contributed by atoms with Gasteiger partial charge in [-0.2, -0.15) is 4.68 Å². The zero-order valence-electron chi connectivity index (χ0n) is 18.7.